The summed E-state index contributed by atoms with van der Waals surface area (Å²) in [7, 11) is 0. The van der Waals surface area contributed by atoms with Crippen molar-refractivity contribution in [1.29, 1.82) is 5.26 Å². The lowest BCUT2D eigenvalue weighted by molar-refractivity contribution is -0.138. The van der Waals surface area contributed by atoms with Crippen LogP contribution < -0.4 is 11.1 Å². The van der Waals surface area contributed by atoms with Crippen molar-refractivity contribution in [3.63, 3.8) is 0 Å². The number of imidazole rings is 1. The topological polar surface area (TPSA) is 100.0 Å². The highest BCUT2D eigenvalue weighted by Crippen LogP contribution is 2.33. The number of ketones is 1. The maximum Gasteiger partial charge on any atom is 0.416 e. The lowest BCUT2D eigenvalue weighted by atomic mass is 9.86. The molecule has 12 heteroatoms. The van der Waals surface area contributed by atoms with Gasteiger partial charge in [-0.2, -0.15) is 18.4 Å². The van der Waals surface area contributed by atoms with Gasteiger partial charge in [-0.15, -0.1) is 0 Å². The summed E-state index contributed by atoms with van der Waals surface area (Å²) in [4.78, 5) is 19.6. The Bertz CT molecular complexity index is 1670. The first-order chi connectivity index (χ1) is 21.4. The molecule has 3 N–H and O–H groups in total. The molecule has 0 aliphatic heterocycles. The van der Waals surface area contributed by atoms with Crippen LogP contribution in [0, 0.1) is 23.2 Å². The zero-order valence-electron chi connectivity index (χ0n) is 24.6. The second-order valence-corrected chi connectivity index (χ2v) is 11.8. The van der Waals surface area contributed by atoms with Crippen LogP contribution in [0.3, 0.4) is 0 Å². The van der Waals surface area contributed by atoms with Gasteiger partial charge in [-0.1, -0.05) is 55.8 Å². The monoisotopic (exact) mass is 652 g/mol. The van der Waals surface area contributed by atoms with E-state index in [9.17, 15) is 18.0 Å². The van der Waals surface area contributed by atoms with Crippen molar-refractivity contribution < 1.29 is 18.0 Å². The zero-order chi connectivity index (χ0) is 32.7. The Kier molecular flexibility index (Phi) is 11.0. The number of carbonyl (C=O) groups is 1. The van der Waals surface area contributed by atoms with E-state index < -0.39 is 23.8 Å². The number of anilines is 1. The van der Waals surface area contributed by atoms with Gasteiger partial charge in [0.1, 0.15) is 5.78 Å². The number of aromatic nitrogens is 2. The number of hydrogen-bond donors (Lipinski definition) is 2. The molecule has 7 nitrogen and oxygen atoms in total. The summed E-state index contributed by atoms with van der Waals surface area (Å²) in [5, 5.41) is 12.7. The minimum Gasteiger partial charge on any atom is -0.333 e. The van der Waals surface area contributed by atoms with Gasteiger partial charge >= 0.3 is 6.18 Å². The van der Waals surface area contributed by atoms with Gasteiger partial charge in [0.05, 0.1) is 35.6 Å². The molecule has 3 aromatic carbocycles. The average molecular weight is 653 g/mol. The number of nitrogens with one attached hydrogen (secondary N) is 1. The van der Waals surface area contributed by atoms with Gasteiger partial charge in [0.15, 0.2) is 5.11 Å². The molecule has 4 aromatic rings. The van der Waals surface area contributed by atoms with Gasteiger partial charge < -0.3 is 20.5 Å². The second-order valence-electron chi connectivity index (χ2n) is 10.9. The second kappa shape index (κ2) is 14.7. The molecule has 0 aliphatic rings. The molecule has 0 saturated heterocycles. The minimum absolute atomic E-state index is 0.00280. The molecule has 0 aliphatic carbocycles. The Hall–Kier alpha value is -4.24. The third-order valence-electron chi connectivity index (χ3n) is 7.43. The van der Waals surface area contributed by atoms with Crippen LogP contribution >= 0.6 is 23.8 Å². The van der Waals surface area contributed by atoms with Crippen LogP contribution in [0.1, 0.15) is 41.8 Å². The lowest BCUT2D eigenvalue weighted by Crippen LogP contribution is -2.55. The summed E-state index contributed by atoms with van der Waals surface area (Å²) in [6.45, 7) is 3.83. The highest BCUT2D eigenvalue weighted by molar-refractivity contribution is 7.80. The summed E-state index contributed by atoms with van der Waals surface area (Å²) in [6, 6.07) is 21.1. The molecule has 0 fully saturated rings. The van der Waals surface area contributed by atoms with Crippen molar-refractivity contribution >= 4 is 40.4 Å². The number of nitriles is 1. The summed E-state index contributed by atoms with van der Waals surface area (Å²) in [6.07, 6.45) is -2.44. The highest BCUT2D eigenvalue weighted by Gasteiger charge is 2.37. The number of halogens is 4. The number of Topliss-reactive ketones (excluding diaryl/α,β-unsaturated/α-hetero) is 1. The van der Waals surface area contributed by atoms with E-state index in [0.717, 1.165) is 11.6 Å². The number of hydrogen-bond acceptors (Lipinski definition) is 5. The number of nitrogens with zero attached hydrogens (tertiary/aromatic N) is 4. The average Bonchev–Trinajstić information content (AvgIpc) is 3.42. The maximum atomic E-state index is 14.0. The van der Waals surface area contributed by atoms with E-state index in [1.54, 1.807) is 48.9 Å². The largest absolute Gasteiger partial charge is 0.416 e. The third-order valence-corrected chi connectivity index (χ3v) is 8.02. The van der Waals surface area contributed by atoms with Gasteiger partial charge in [0.25, 0.3) is 0 Å². The first-order valence-electron chi connectivity index (χ1n) is 14.1. The summed E-state index contributed by atoms with van der Waals surface area (Å²) in [5.74, 6) is -1.28. The number of benzene rings is 3. The molecule has 0 saturated carbocycles. The van der Waals surface area contributed by atoms with E-state index in [-0.39, 0.29) is 35.3 Å². The molecule has 1 aromatic heterocycles. The molecular weight excluding hydrogens is 621 g/mol. The van der Waals surface area contributed by atoms with Gasteiger partial charge in [-0.05, 0) is 71.7 Å². The molecular formula is C33H32ClF3N6OS. The van der Waals surface area contributed by atoms with E-state index >= 15 is 0 Å². The number of carbonyl (C=O) groups excluding carboxylic acids is 1. The number of nitrogens with two attached hydrogens (primary N) is 1. The first-order valence-corrected chi connectivity index (χ1v) is 14.9. The van der Waals surface area contributed by atoms with E-state index in [0.29, 0.717) is 28.5 Å². The van der Waals surface area contributed by atoms with Crippen molar-refractivity contribution in [3.8, 4) is 6.07 Å². The predicted molar refractivity (Wildman–Crippen MR) is 172 cm³/mol. The molecule has 1 unspecified atom stereocenters. The van der Waals surface area contributed by atoms with E-state index in [1.165, 1.54) is 23.1 Å². The Morgan fingerprint density at radius 1 is 1.11 bits per heavy atom. The van der Waals surface area contributed by atoms with Gasteiger partial charge in [-0.25, -0.2) is 4.98 Å². The number of rotatable bonds is 11. The molecule has 0 spiro atoms. The Morgan fingerprint density at radius 2 is 1.78 bits per heavy atom. The van der Waals surface area contributed by atoms with Crippen molar-refractivity contribution in [3.05, 3.63) is 118 Å². The van der Waals surface area contributed by atoms with Crippen LogP contribution in [0.2, 0.25) is 5.02 Å². The van der Waals surface area contributed by atoms with Crippen molar-refractivity contribution in [1.82, 2.24) is 14.5 Å². The minimum atomic E-state index is -4.60. The Labute approximate surface area is 270 Å². The SMILES string of the molecule is CC(C)[C@H](C(=O)Cc1cncn1Cc1ccc(C#N)cc1)C(N)N(Cc1ccccc1C(F)(F)F)C(=S)Nc1ccc(Cl)cc1. The lowest BCUT2D eigenvalue weighted by Gasteiger charge is -2.38. The zero-order valence-corrected chi connectivity index (χ0v) is 26.2. The van der Waals surface area contributed by atoms with Crippen LogP contribution in [0.15, 0.2) is 85.3 Å². The summed E-state index contributed by atoms with van der Waals surface area (Å²) < 4.78 is 43.7. The molecule has 0 amide bonds. The van der Waals surface area contributed by atoms with Crippen LogP contribution in [-0.2, 0) is 30.5 Å². The predicted octanol–water partition coefficient (Wildman–Crippen LogP) is 7.04. The summed E-state index contributed by atoms with van der Waals surface area (Å²) >= 11 is 11.7. The fourth-order valence-corrected chi connectivity index (χ4v) is 5.56. The highest BCUT2D eigenvalue weighted by atomic mass is 35.5. The van der Waals surface area contributed by atoms with E-state index in [2.05, 4.69) is 16.4 Å². The van der Waals surface area contributed by atoms with Crippen molar-refractivity contribution in [2.45, 2.75) is 45.7 Å². The standard InChI is InChI=1S/C33H32ClF3N6OS/c1-21(2)30(29(44)15-27-17-40-20-42(27)18-23-9-7-22(16-38)8-10-23)31(39)43(32(45)41-26-13-11-25(34)12-14-26)19-24-5-3-4-6-28(24)33(35,36)37/h3-14,17,20-21,30-31H,15,18-19,39H2,1-2H3,(H,41,45)/t30-,31?/m1/s1. The van der Waals surface area contributed by atoms with E-state index in [1.807, 2.05) is 30.5 Å². The smallest absolute Gasteiger partial charge is 0.333 e. The molecule has 234 valence electrons. The molecule has 0 radical (unpaired) electrons. The number of alkyl halides is 3. The molecule has 0 bridgehead atoms. The Morgan fingerprint density at radius 3 is 2.40 bits per heavy atom. The van der Waals surface area contributed by atoms with Gasteiger partial charge in [-0.3, -0.25) is 4.79 Å². The van der Waals surface area contributed by atoms with E-state index in [4.69, 9.17) is 34.8 Å². The first kappa shape index (κ1) is 33.6. The van der Waals surface area contributed by atoms with Crippen LogP contribution in [0.4, 0.5) is 18.9 Å². The van der Waals surface area contributed by atoms with Crippen LogP contribution in [0.25, 0.3) is 0 Å². The molecule has 2 atom stereocenters. The fraction of sp³-hybridized carbons (Fsp3) is 0.273. The normalized spacial score (nSPS) is 12.8. The van der Waals surface area contributed by atoms with Gasteiger partial charge in [0.2, 0.25) is 0 Å². The van der Waals surface area contributed by atoms with Gasteiger partial charge in [0, 0.05) is 42.1 Å². The quantitative estimate of drug-likeness (QED) is 0.132. The Balaban J connectivity index is 1.62. The molecule has 1 heterocycles. The van der Waals surface area contributed by atoms with Crippen LogP contribution in [0.5, 0.6) is 0 Å². The van der Waals surface area contributed by atoms with Crippen molar-refractivity contribution in [2.75, 3.05) is 5.32 Å². The molecule has 4 rings (SSSR count). The maximum absolute atomic E-state index is 14.0. The fourth-order valence-electron chi connectivity index (χ4n) is 5.13. The van der Waals surface area contributed by atoms with Crippen LogP contribution in [-0.4, -0.2) is 31.5 Å². The third kappa shape index (κ3) is 8.69. The number of thiocarbonyl (C=S) groups is 1. The molecule has 45 heavy (non-hydrogen) atoms. The van der Waals surface area contributed by atoms with Crippen molar-refractivity contribution in [2.24, 2.45) is 17.6 Å². The summed E-state index contributed by atoms with van der Waals surface area (Å²) in [5.41, 5.74) is 8.63.